The fourth-order valence-electron chi connectivity index (χ4n) is 0.773. The second-order valence-corrected chi connectivity index (χ2v) is 2.43. The van der Waals surface area contributed by atoms with E-state index in [0.29, 0.717) is 12.5 Å². The average Bonchev–Trinajstić information content (AvgIpc) is 2.05. The van der Waals surface area contributed by atoms with Crippen molar-refractivity contribution < 1.29 is 9.47 Å². The summed E-state index contributed by atoms with van der Waals surface area (Å²) < 4.78 is 10.2. The van der Waals surface area contributed by atoms with Gasteiger partial charge in [0, 0.05) is 18.9 Å². The predicted octanol–water partition coefficient (Wildman–Crippen LogP) is 1.76. The number of ether oxygens (including phenoxy) is 2. The molecule has 1 aromatic rings. The van der Waals surface area contributed by atoms with Crippen LogP contribution in [-0.2, 0) is 4.74 Å². The van der Waals surface area contributed by atoms with Crippen molar-refractivity contribution in [2.75, 3.05) is 13.4 Å². The maximum absolute atomic E-state index is 5.19. The molecule has 0 aliphatic carbocycles. The molecule has 3 nitrogen and oxygen atoms in total. The van der Waals surface area contributed by atoms with Crippen LogP contribution in [0.3, 0.4) is 0 Å². The molecule has 0 N–H and O–H groups in total. The first kappa shape index (κ1) is 9.00. The number of pyridine rings is 1. The number of nitrogens with zero attached hydrogens (tertiary/aromatic N) is 1. The van der Waals surface area contributed by atoms with Crippen molar-refractivity contribution in [3.8, 4) is 5.88 Å². The highest BCUT2D eigenvalue weighted by Crippen LogP contribution is 2.07. The van der Waals surface area contributed by atoms with Crippen molar-refractivity contribution in [2.24, 2.45) is 0 Å². The molecular weight excluding hydrogens is 154 g/mol. The molecule has 1 aromatic heterocycles. The molecule has 66 valence electrons. The molecule has 1 heterocycles. The van der Waals surface area contributed by atoms with Crippen LogP contribution in [0.2, 0.25) is 0 Å². The zero-order valence-corrected chi connectivity index (χ0v) is 7.41. The smallest absolute Gasteiger partial charge is 0.215 e. The number of aryl methyl sites for hydroxylation is 1. The first-order valence-corrected chi connectivity index (χ1v) is 3.96. The number of hydrogen-bond acceptors (Lipinski definition) is 3. The minimum absolute atomic E-state index is 0.271. The first-order valence-electron chi connectivity index (χ1n) is 3.96. The van der Waals surface area contributed by atoms with E-state index in [0.717, 1.165) is 5.56 Å². The second-order valence-electron chi connectivity index (χ2n) is 2.43. The highest BCUT2D eigenvalue weighted by Gasteiger charge is 1.93. The van der Waals surface area contributed by atoms with Crippen molar-refractivity contribution in [3.63, 3.8) is 0 Å². The van der Waals surface area contributed by atoms with Crippen LogP contribution >= 0.6 is 0 Å². The number of hydrogen-bond donors (Lipinski definition) is 0. The predicted molar refractivity (Wildman–Crippen MR) is 46.1 cm³/mol. The van der Waals surface area contributed by atoms with Crippen molar-refractivity contribution in [1.29, 1.82) is 0 Å². The Labute approximate surface area is 72.3 Å². The highest BCUT2D eigenvalue weighted by atomic mass is 16.7. The molecule has 0 unspecified atom stereocenters. The molecular formula is C9H13NO2. The summed E-state index contributed by atoms with van der Waals surface area (Å²) in [7, 11) is 0. The highest BCUT2D eigenvalue weighted by molar-refractivity contribution is 5.18. The largest absolute Gasteiger partial charge is 0.451 e. The van der Waals surface area contributed by atoms with E-state index in [2.05, 4.69) is 4.98 Å². The summed E-state index contributed by atoms with van der Waals surface area (Å²) in [5.74, 6) is 0.614. The average molecular weight is 167 g/mol. The Morgan fingerprint density at radius 1 is 1.50 bits per heavy atom. The van der Waals surface area contributed by atoms with Gasteiger partial charge >= 0.3 is 0 Å². The molecule has 0 spiro atoms. The molecule has 0 amide bonds. The molecule has 0 aliphatic heterocycles. The minimum atomic E-state index is 0.271. The summed E-state index contributed by atoms with van der Waals surface area (Å²) in [6, 6.07) is 3.80. The molecule has 0 radical (unpaired) electrons. The van der Waals surface area contributed by atoms with Gasteiger partial charge in [0.25, 0.3) is 0 Å². The van der Waals surface area contributed by atoms with Gasteiger partial charge in [-0.15, -0.1) is 0 Å². The van der Waals surface area contributed by atoms with Gasteiger partial charge < -0.3 is 9.47 Å². The van der Waals surface area contributed by atoms with Crippen LogP contribution in [0.25, 0.3) is 0 Å². The second kappa shape index (κ2) is 4.72. The Hall–Kier alpha value is -1.09. The summed E-state index contributed by atoms with van der Waals surface area (Å²) in [5.41, 5.74) is 1.14. The molecule has 0 aromatic carbocycles. The van der Waals surface area contributed by atoms with Gasteiger partial charge in [0.05, 0.1) is 0 Å². The van der Waals surface area contributed by atoms with E-state index in [9.17, 15) is 0 Å². The zero-order chi connectivity index (χ0) is 8.81. The van der Waals surface area contributed by atoms with Crippen molar-refractivity contribution >= 4 is 0 Å². The lowest BCUT2D eigenvalue weighted by Gasteiger charge is -2.04. The third-order valence-corrected chi connectivity index (χ3v) is 1.38. The normalized spacial score (nSPS) is 9.83. The van der Waals surface area contributed by atoms with Gasteiger partial charge in [0.1, 0.15) is 0 Å². The molecule has 0 saturated carbocycles. The topological polar surface area (TPSA) is 31.4 Å². The Kier molecular flexibility index (Phi) is 3.54. The molecule has 0 saturated heterocycles. The Morgan fingerprint density at radius 3 is 3.00 bits per heavy atom. The quantitative estimate of drug-likeness (QED) is 0.506. The lowest BCUT2D eigenvalue weighted by atomic mass is 10.3. The van der Waals surface area contributed by atoms with Gasteiger partial charge in [0.2, 0.25) is 5.88 Å². The van der Waals surface area contributed by atoms with Gasteiger partial charge in [0.15, 0.2) is 6.79 Å². The lowest BCUT2D eigenvalue weighted by molar-refractivity contribution is 0.0196. The third kappa shape index (κ3) is 2.88. The molecule has 0 bridgehead atoms. The maximum atomic E-state index is 5.19. The van der Waals surface area contributed by atoms with Gasteiger partial charge in [-0.2, -0.15) is 0 Å². The van der Waals surface area contributed by atoms with Crippen LogP contribution in [0.15, 0.2) is 18.3 Å². The summed E-state index contributed by atoms with van der Waals surface area (Å²) >= 11 is 0. The van der Waals surface area contributed by atoms with E-state index < -0.39 is 0 Å². The van der Waals surface area contributed by atoms with Crippen molar-refractivity contribution in [3.05, 3.63) is 23.9 Å². The van der Waals surface area contributed by atoms with Gasteiger partial charge in [-0.05, 0) is 25.5 Å². The third-order valence-electron chi connectivity index (χ3n) is 1.38. The van der Waals surface area contributed by atoms with E-state index in [4.69, 9.17) is 9.47 Å². The van der Waals surface area contributed by atoms with Crippen LogP contribution in [0, 0.1) is 6.92 Å². The SMILES string of the molecule is CCOCOc1cc(C)ccn1. The molecule has 0 aliphatic rings. The van der Waals surface area contributed by atoms with Crippen LogP contribution in [0.4, 0.5) is 0 Å². The Morgan fingerprint density at radius 2 is 2.33 bits per heavy atom. The Balaban J connectivity index is 2.41. The van der Waals surface area contributed by atoms with Crippen molar-refractivity contribution in [2.45, 2.75) is 13.8 Å². The van der Waals surface area contributed by atoms with Crippen LogP contribution in [-0.4, -0.2) is 18.4 Å². The molecule has 1 rings (SSSR count). The zero-order valence-electron chi connectivity index (χ0n) is 7.41. The molecule has 0 fully saturated rings. The van der Waals surface area contributed by atoms with Crippen LogP contribution in [0.1, 0.15) is 12.5 Å². The maximum Gasteiger partial charge on any atom is 0.215 e. The van der Waals surface area contributed by atoms with E-state index in [-0.39, 0.29) is 6.79 Å². The standard InChI is InChI=1S/C9H13NO2/c1-3-11-7-12-9-6-8(2)4-5-10-9/h4-6H,3,7H2,1-2H3. The number of rotatable bonds is 4. The minimum Gasteiger partial charge on any atom is -0.451 e. The monoisotopic (exact) mass is 167 g/mol. The molecule has 12 heavy (non-hydrogen) atoms. The Bertz CT molecular complexity index is 238. The first-order chi connectivity index (χ1) is 5.83. The lowest BCUT2D eigenvalue weighted by Crippen LogP contribution is -2.03. The van der Waals surface area contributed by atoms with Crippen LogP contribution < -0.4 is 4.74 Å². The van der Waals surface area contributed by atoms with Gasteiger partial charge in [-0.25, -0.2) is 4.98 Å². The van der Waals surface area contributed by atoms with E-state index in [1.54, 1.807) is 6.20 Å². The van der Waals surface area contributed by atoms with Crippen LogP contribution in [0.5, 0.6) is 5.88 Å². The summed E-state index contributed by atoms with van der Waals surface area (Å²) in [5, 5.41) is 0. The van der Waals surface area contributed by atoms with Gasteiger partial charge in [-0.3, -0.25) is 0 Å². The number of aromatic nitrogens is 1. The van der Waals surface area contributed by atoms with E-state index in [1.807, 2.05) is 26.0 Å². The summed E-state index contributed by atoms with van der Waals surface area (Å²) in [4.78, 5) is 4.01. The van der Waals surface area contributed by atoms with Crippen molar-refractivity contribution in [1.82, 2.24) is 4.98 Å². The fraction of sp³-hybridized carbons (Fsp3) is 0.444. The molecule has 3 heteroatoms. The van der Waals surface area contributed by atoms with Gasteiger partial charge in [-0.1, -0.05) is 0 Å². The summed E-state index contributed by atoms with van der Waals surface area (Å²) in [6.45, 7) is 4.85. The molecule has 0 atom stereocenters. The fourth-order valence-corrected chi connectivity index (χ4v) is 0.773. The van der Waals surface area contributed by atoms with E-state index >= 15 is 0 Å². The van der Waals surface area contributed by atoms with E-state index in [1.165, 1.54) is 0 Å². The summed E-state index contributed by atoms with van der Waals surface area (Å²) in [6.07, 6.45) is 1.72.